The number of anilines is 1. The van der Waals surface area contributed by atoms with Crippen LogP contribution in [0.25, 0.3) is 0 Å². The van der Waals surface area contributed by atoms with Gasteiger partial charge in [0.05, 0.1) is 6.61 Å². The molecule has 2 heteroatoms. The molecule has 1 unspecified atom stereocenters. The van der Waals surface area contributed by atoms with Crippen LogP contribution in [0.5, 0.6) is 0 Å². The molecule has 1 atom stereocenters. The zero-order valence-corrected chi connectivity index (χ0v) is 12.7. The summed E-state index contributed by atoms with van der Waals surface area (Å²) in [6.45, 7) is 8.70. The van der Waals surface area contributed by atoms with E-state index in [0.29, 0.717) is 0 Å². The first-order valence-electron chi connectivity index (χ1n) is 7.05. The van der Waals surface area contributed by atoms with E-state index in [1.165, 1.54) is 22.3 Å². The van der Waals surface area contributed by atoms with Gasteiger partial charge in [-0.05, 0) is 67.6 Å². The molecule has 0 amide bonds. The quantitative estimate of drug-likeness (QED) is 0.868. The van der Waals surface area contributed by atoms with E-state index in [1.807, 2.05) is 24.3 Å². The number of hydrogen-bond acceptors (Lipinski definition) is 2. The summed E-state index contributed by atoms with van der Waals surface area (Å²) < 4.78 is 0. The van der Waals surface area contributed by atoms with Crippen LogP contribution in [0.15, 0.2) is 36.4 Å². The zero-order valence-electron chi connectivity index (χ0n) is 12.7. The lowest BCUT2D eigenvalue weighted by molar-refractivity contribution is 0.282. The Kier molecular flexibility index (Phi) is 4.46. The number of rotatable bonds is 4. The summed E-state index contributed by atoms with van der Waals surface area (Å²) in [4.78, 5) is 0. The highest BCUT2D eigenvalue weighted by Crippen LogP contribution is 2.25. The highest BCUT2D eigenvalue weighted by Gasteiger charge is 2.10. The summed E-state index contributed by atoms with van der Waals surface area (Å²) in [5, 5.41) is 12.7. The summed E-state index contributed by atoms with van der Waals surface area (Å²) in [6, 6.07) is 12.7. The Morgan fingerprint density at radius 1 is 1.00 bits per heavy atom. The highest BCUT2D eigenvalue weighted by atomic mass is 16.3. The van der Waals surface area contributed by atoms with E-state index in [9.17, 15) is 5.11 Å². The van der Waals surface area contributed by atoms with Crippen LogP contribution in [0, 0.1) is 20.8 Å². The molecule has 2 aromatic rings. The number of hydrogen-bond donors (Lipinski definition) is 2. The van der Waals surface area contributed by atoms with Crippen LogP contribution >= 0.6 is 0 Å². The maximum absolute atomic E-state index is 9.20. The topological polar surface area (TPSA) is 32.3 Å². The third kappa shape index (κ3) is 3.20. The molecule has 0 saturated heterocycles. The van der Waals surface area contributed by atoms with E-state index in [-0.39, 0.29) is 12.6 Å². The molecule has 20 heavy (non-hydrogen) atoms. The van der Waals surface area contributed by atoms with Crippen LogP contribution < -0.4 is 5.32 Å². The van der Waals surface area contributed by atoms with Gasteiger partial charge in [-0.25, -0.2) is 0 Å². The maximum atomic E-state index is 9.20. The number of aliphatic hydroxyl groups excluding tert-OH is 1. The van der Waals surface area contributed by atoms with Gasteiger partial charge in [-0.1, -0.05) is 24.3 Å². The first-order chi connectivity index (χ1) is 9.51. The van der Waals surface area contributed by atoms with Crippen molar-refractivity contribution in [1.82, 2.24) is 0 Å². The Morgan fingerprint density at radius 3 is 2.40 bits per heavy atom. The van der Waals surface area contributed by atoms with Gasteiger partial charge in [0.2, 0.25) is 0 Å². The van der Waals surface area contributed by atoms with Gasteiger partial charge in [-0.15, -0.1) is 0 Å². The Balaban J connectivity index is 2.23. The van der Waals surface area contributed by atoms with Gasteiger partial charge in [0, 0.05) is 11.7 Å². The van der Waals surface area contributed by atoms with Crippen molar-refractivity contribution in [1.29, 1.82) is 0 Å². The largest absolute Gasteiger partial charge is 0.392 e. The highest BCUT2D eigenvalue weighted by molar-refractivity contribution is 5.49. The Labute approximate surface area is 121 Å². The van der Waals surface area contributed by atoms with Crippen LogP contribution in [-0.2, 0) is 6.61 Å². The van der Waals surface area contributed by atoms with Gasteiger partial charge in [-0.2, -0.15) is 0 Å². The summed E-state index contributed by atoms with van der Waals surface area (Å²) in [6.07, 6.45) is 0. The number of aryl methyl sites for hydroxylation is 3. The monoisotopic (exact) mass is 269 g/mol. The van der Waals surface area contributed by atoms with Gasteiger partial charge in [-0.3, -0.25) is 0 Å². The van der Waals surface area contributed by atoms with Gasteiger partial charge >= 0.3 is 0 Å². The van der Waals surface area contributed by atoms with Crippen molar-refractivity contribution in [2.24, 2.45) is 0 Å². The SMILES string of the molecule is Cc1cc(C)c(C(C)Nc2cccc(CO)c2)cc1C. The van der Waals surface area contributed by atoms with Gasteiger partial charge < -0.3 is 10.4 Å². The lowest BCUT2D eigenvalue weighted by atomic mass is 9.96. The molecule has 0 aliphatic carbocycles. The Bertz CT molecular complexity index is 604. The smallest absolute Gasteiger partial charge is 0.0682 e. The minimum absolute atomic E-state index is 0.0760. The van der Waals surface area contributed by atoms with E-state index in [0.717, 1.165) is 11.3 Å². The molecule has 0 saturated carbocycles. The lowest BCUT2D eigenvalue weighted by Crippen LogP contribution is -2.09. The second kappa shape index (κ2) is 6.10. The second-order valence-corrected chi connectivity index (χ2v) is 5.52. The first-order valence-corrected chi connectivity index (χ1v) is 7.05. The van der Waals surface area contributed by atoms with Crippen LogP contribution in [0.4, 0.5) is 5.69 Å². The first kappa shape index (κ1) is 14.6. The predicted molar refractivity (Wildman–Crippen MR) is 85.1 cm³/mol. The molecule has 0 bridgehead atoms. The number of nitrogens with one attached hydrogen (secondary N) is 1. The van der Waals surface area contributed by atoms with E-state index >= 15 is 0 Å². The molecule has 2 rings (SSSR count). The molecule has 0 aliphatic heterocycles. The minimum atomic E-state index is 0.0760. The van der Waals surface area contributed by atoms with Crippen LogP contribution in [0.3, 0.4) is 0 Å². The van der Waals surface area contributed by atoms with Crippen molar-refractivity contribution in [2.45, 2.75) is 40.3 Å². The fraction of sp³-hybridized carbons (Fsp3) is 0.333. The molecule has 2 aromatic carbocycles. The molecule has 0 aromatic heterocycles. The molecule has 0 aliphatic rings. The lowest BCUT2D eigenvalue weighted by Gasteiger charge is -2.20. The zero-order chi connectivity index (χ0) is 14.7. The molecule has 0 heterocycles. The van der Waals surface area contributed by atoms with Crippen molar-refractivity contribution in [3.05, 3.63) is 64.2 Å². The van der Waals surface area contributed by atoms with Gasteiger partial charge in [0.1, 0.15) is 0 Å². The van der Waals surface area contributed by atoms with Crippen LogP contribution in [0.1, 0.15) is 40.8 Å². The van der Waals surface area contributed by atoms with Crippen molar-refractivity contribution in [3.63, 3.8) is 0 Å². The molecular weight excluding hydrogens is 246 g/mol. The third-order valence-electron chi connectivity index (χ3n) is 3.84. The van der Waals surface area contributed by atoms with E-state index in [2.05, 4.69) is 45.1 Å². The van der Waals surface area contributed by atoms with Crippen LogP contribution in [-0.4, -0.2) is 5.11 Å². The fourth-order valence-corrected chi connectivity index (χ4v) is 2.54. The summed E-state index contributed by atoms with van der Waals surface area (Å²) >= 11 is 0. The average Bonchev–Trinajstić information content (AvgIpc) is 2.43. The van der Waals surface area contributed by atoms with Crippen molar-refractivity contribution in [3.8, 4) is 0 Å². The molecule has 2 N–H and O–H groups in total. The standard InChI is InChI=1S/C18H23NO/c1-12-8-14(3)18(9-13(12)2)15(4)19-17-7-5-6-16(10-17)11-20/h5-10,15,19-20H,11H2,1-4H3. The van der Waals surface area contributed by atoms with E-state index in [1.54, 1.807) is 0 Å². The average molecular weight is 269 g/mol. The third-order valence-corrected chi connectivity index (χ3v) is 3.84. The summed E-state index contributed by atoms with van der Waals surface area (Å²) in [7, 11) is 0. The number of benzene rings is 2. The summed E-state index contributed by atoms with van der Waals surface area (Å²) in [5.74, 6) is 0. The second-order valence-electron chi connectivity index (χ2n) is 5.52. The fourth-order valence-electron chi connectivity index (χ4n) is 2.54. The maximum Gasteiger partial charge on any atom is 0.0682 e. The Hall–Kier alpha value is -1.80. The molecular formula is C18H23NO. The molecule has 2 nitrogen and oxygen atoms in total. The van der Waals surface area contributed by atoms with Gasteiger partial charge in [0.25, 0.3) is 0 Å². The van der Waals surface area contributed by atoms with Crippen molar-refractivity contribution < 1.29 is 5.11 Å². The normalized spacial score (nSPS) is 12.2. The molecule has 106 valence electrons. The molecule has 0 fully saturated rings. The summed E-state index contributed by atoms with van der Waals surface area (Å²) in [5.41, 5.74) is 7.26. The van der Waals surface area contributed by atoms with Crippen molar-refractivity contribution >= 4 is 5.69 Å². The Morgan fingerprint density at radius 2 is 1.70 bits per heavy atom. The predicted octanol–water partition coefficient (Wildman–Crippen LogP) is 4.28. The molecule has 0 spiro atoms. The van der Waals surface area contributed by atoms with E-state index < -0.39 is 0 Å². The molecule has 0 radical (unpaired) electrons. The van der Waals surface area contributed by atoms with Crippen LogP contribution in [0.2, 0.25) is 0 Å². The minimum Gasteiger partial charge on any atom is -0.392 e. The van der Waals surface area contributed by atoms with E-state index in [4.69, 9.17) is 0 Å². The number of aliphatic hydroxyl groups is 1. The van der Waals surface area contributed by atoms with Crippen molar-refractivity contribution in [2.75, 3.05) is 5.32 Å². The van der Waals surface area contributed by atoms with Gasteiger partial charge in [0.15, 0.2) is 0 Å².